The summed E-state index contributed by atoms with van der Waals surface area (Å²) in [6.07, 6.45) is 7.30. The van der Waals surface area contributed by atoms with Crippen LogP contribution in [0.15, 0.2) is 24.3 Å². The molecule has 0 bridgehead atoms. The van der Waals surface area contributed by atoms with Gasteiger partial charge in [0.15, 0.2) is 0 Å². The van der Waals surface area contributed by atoms with Gasteiger partial charge in [0.2, 0.25) is 0 Å². The van der Waals surface area contributed by atoms with Crippen LogP contribution in [-0.2, 0) is 4.74 Å². The van der Waals surface area contributed by atoms with Gasteiger partial charge in [0, 0.05) is 24.6 Å². The highest BCUT2D eigenvalue weighted by Gasteiger charge is 2.24. The predicted molar refractivity (Wildman–Crippen MR) is 79.5 cm³/mol. The highest BCUT2D eigenvalue weighted by Crippen LogP contribution is 2.19. The van der Waals surface area contributed by atoms with E-state index in [2.05, 4.69) is 5.92 Å². The minimum atomic E-state index is 0.121. The summed E-state index contributed by atoms with van der Waals surface area (Å²) in [6, 6.07) is 7.76. The predicted octanol–water partition coefficient (Wildman–Crippen LogP) is 2.50. The molecule has 1 aromatic carbocycles. The third kappa shape index (κ3) is 3.85. The summed E-state index contributed by atoms with van der Waals surface area (Å²) in [5.74, 6) is 2.99. The van der Waals surface area contributed by atoms with E-state index in [0.29, 0.717) is 19.1 Å². The largest absolute Gasteiger partial charge is 0.368 e. The van der Waals surface area contributed by atoms with Crippen LogP contribution in [0, 0.1) is 25.2 Å². The van der Waals surface area contributed by atoms with Crippen LogP contribution in [0.5, 0.6) is 0 Å². The smallest absolute Gasteiger partial charge is 0.253 e. The molecule has 0 aromatic heterocycles. The summed E-state index contributed by atoms with van der Waals surface area (Å²) in [5, 5.41) is 0. The molecule has 1 aromatic rings. The molecule has 1 aliphatic rings. The molecule has 1 fully saturated rings. The van der Waals surface area contributed by atoms with Crippen LogP contribution in [0.3, 0.4) is 0 Å². The molecule has 0 radical (unpaired) electrons. The van der Waals surface area contributed by atoms with Crippen molar-refractivity contribution < 1.29 is 9.53 Å². The molecule has 1 amide bonds. The number of likely N-dealkylation sites (tertiary alicyclic amines) is 1. The van der Waals surface area contributed by atoms with Gasteiger partial charge in [-0.05, 0) is 31.9 Å². The molecule has 0 spiro atoms. The molecular formula is C17H21NO2. The lowest BCUT2D eigenvalue weighted by molar-refractivity contribution is 0.0534. The Kier molecular flexibility index (Phi) is 5.20. The molecule has 106 valence electrons. The average Bonchev–Trinajstić information content (AvgIpc) is 2.47. The minimum Gasteiger partial charge on any atom is -0.368 e. The maximum absolute atomic E-state index is 12.5. The number of terminal acetylenes is 1. The van der Waals surface area contributed by atoms with Crippen LogP contribution in [-0.4, -0.2) is 37.1 Å². The van der Waals surface area contributed by atoms with Gasteiger partial charge in [-0.15, -0.1) is 6.42 Å². The molecule has 0 saturated carbocycles. The summed E-state index contributed by atoms with van der Waals surface area (Å²) in [7, 11) is 0. The monoisotopic (exact) mass is 271 g/mol. The Labute approximate surface area is 120 Å². The van der Waals surface area contributed by atoms with Crippen molar-refractivity contribution in [1.29, 1.82) is 0 Å². The Balaban J connectivity index is 1.95. The molecule has 1 aliphatic heterocycles. The van der Waals surface area contributed by atoms with Crippen molar-refractivity contribution in [3.63, 3.8) is 0 Å². The third-order valence-electron chi connectivity index (χ3n) is 3.61. The molecule has 0 aliphatic carbocycles. The van der Waals surface area contributed by atoms with E-state index in [1.807, 2.05) is 36.1 Å². The first-order valence-corrected chi connectivity index (χ1v) is 7.08. The summed E-state index contributed by atoms with van der Waals surface area (Å²) in [6.45, 7) is 4.59. The van der Waals surface area contributed by atoms with Crippen molar-refractivity contribution in [2.75, 3.05) is 26.3 Å². The van der Waals surface area contributed by atoms with Crippen molar-refractivity contribution in [3.8, 4) is 12.3 Å². The van der Waals surface area contributed by atoms with E-state index in [9.17, 15) is 4.79 Å². The molecule has 20 heavy (non-hydrogen) atoms. The van der Waals surface area contributed by atoms with Gasteiger partial charge in [0.25, 0.3) is 5.91 Å². The molecular weight excluding hydrogens is 250 g/mol. The summed E-state index contributed by atoms with van der Waals surface area (Å²) < 4.78 is 5.40. The van der Waals surface area contributed by atoms with Crippen LogP contribution in [0.2, 0.25) is 0 Å². The van der Waals surface area contributed by atoms with Crippen molar-refractivity contribution in [1.82, 2.24) is 4.90 Å². The molecule has 1 saturated heterocycles. The van der Waals surface area contributed by atoms with Crippen LogP contribution < -0.4 is 0 Å². The number of carbonyl (C=O) groups is 1. The summed E-state index contributed by atoms with van der Waals surface area (Å²) >= 11 is 0. The van der Waals surface area contributed by atoms with Gasteiger partial charge in [0.1, 0.15) is 6.61 Å². The lowest BCUT2D eigenvalue weighted by Crippen LogP contribution is -2.41. The molecule has 3 heteroatoms. The molecule has 1 unspecified atom stereocenters. The second-order valence-corrected chi connectivity index (χ2v) is 5.35. The maximum Gasteiger partial charge on any atom is 0.253 e. The van der Waals surface area contributed by atoms with Gasteiger partial charge >= 0.3 is 0 Å². The standard InChI is InChI=1S/C17H21NO2/c1-3-10-20-13-15-7-5-9-18(12-15)17(19)16-8-4-6-14(2)11-16/h1,4,6,8,11,15H,5,7,9-10,12-13H2,2H3. The molecule has 2 rings (SSSR count). The van der Waals surface area contributed by atoms with Gasteiger partial charge in [-0.2, -0.15) is 0 Å². The fourth-order valence-electron chi connectivity index (χ4n) is 2.63. The van der Waals surface area contributed by atoms with Gasteiger partial charge in [-0.25, -0.2) is 0 Å². The van der Waals surface area contributed by atoms with Crippen molar-refractivity contribution in [3.05, 3.63) is 35.4 Å². The first-order chi connectivity index (χ1) is 9.70. The number of hydrogen-bond donors (Lipinski definition) is 0. The van der Waals surface area contributed by atoms with Crippen molar-refractivity contribution in [2.24, 2.45) is 5.92 Å². The van der Waals surface area contributed by atoms with E-state index in [0.717, 1.165) is 37.1 Å². The highest BCUT2D eigenvalue weighted by molar-refractivity contribution is 5.94. The number of hydrogen-bond acceptors (Lipinski definition) is 2. The Bertz CT molecular complexity index is 504. The molecule has 1 atom stereocenters. The van der Waals surface area contributed by atoms with Crippen LogP contribution in [0.1, 0.15) is 28.8 Å². The minimum absolute atomic E-state index is 0.121. The molecule has 3 nitrogen and oxygen atoms in total. The average molecular weight is 271 g/mol. The quantitative estimate of drug-likeness (QED) is 0.622. The zero-order valence-electron chi connectivity index (χ0n) is 12.0. The van der Waals surface area contributed by atoms with Crippen LogP contribution >= 0.6 is 0 Å². The Morgan fingerprint density at radius 1 is 1.55 bits per heavy atom. The fourth-order valence-corrected chi connectivity index (χ4v) is 2.63. The van der Waals surface area contributed by atoms with E-state index in [1.165, 1.54) is 0 Å². The number of amides is 1. The molecule has 0 N–H and O–H groups in total. The first kappa shape index (κ1) is 14.6. The number of aryl methyl sites for hydroxylation is 1. The first-order valence-electron chi connectivity index (χ1n) is 7.08. The lowest BCUT2D eigenvalue weighted by Gasteiger charge is -2.32. The topological polar surface area (TPSA) is 29.5 Å². The third-order valence-corrected chi connectivity index (χ3v) is 3.61. The Morgan fingerprint density at radius 3 is 3.15 bits per heavy atom. The Hall–Kier alpha value is -1.79. The fraction of sp³-hybridized carbons (Fsp3) is 0.471. The second kappa shape index (κ2) is 7.12. The van der Waals surface area contributed by atoms with Gasteiger partial charge in [0.05, 0.1) is 6.61 Å². The lowest BCUT2D eigenvalue weighted by atomic mass is 9.98. The zero-order chi connectivity index (χ0) is 14.4. The number of benzene rings is 1. The van der Waals surface area contributed by atoms with E-state index < -0.39 is 0 Å². The van der Waals surface area contributed by atoms with Gasteiger partial charge in [-0.1, -0.05) is 23.6 Å². The zero-order valence-corrected chi connectivity index (χ0v) is 12.0. The number of rotatable bonds is 4. The van der Waals surface area contributed by atoms with Crippen LogP contribution in [0.4, 0.5) is 0 Å². The van der Waals surface area contributed by atoms with E-state index in [-0.39, 0.29) is 5.91 Å². The number of ether oxygens (including phenoxy) is 1. The van der Waals surface area contributed by atoms with E-state index >= 15 is 0 Å². The summed E-state index contributed by atoms with van der Waals surface area (Å²) in [5.41, 5.74) is 1.89. The van der Waals surface area contributed by atoms with Crippen molar-refractivity contribution in [2.45, 2.75) is 19.8 Å². The van der Waals surface area contributed by atoms with Gasteiger partial charge < -0.3 is 9.64 Å². The highest BCUT2D eigenvalue weighted by atomic mass is 16.5. The van der Waals surface area contributed by atoms with E-state index in [4.69, 9.17) is 11.2 Å². The maximum atomic E-state index is 12.5. The number of piperidine rings is 1. The summed E-state index contributed by atoms with van der Waals surface area (Å²) in [4.78, 5) is 14.4. The number of carbonyl (C=O) groups excluding carboxylic acids is 1. The normalized spacial score (nSPS) is 18.6. The SMILES string of the molecule is C#CCOCC1CCCN(C(=O)c2cccc(C)c2)C1. The van der Waals surface area contributed by atoms with E-state index in [1.54, 1.807) is 0 Å². The molecule has 1 heterocycles. The number of nitrogens with zero attached hydrogens (tertiary/aromatic N) is 1. The second-order valence-electron chi connectivity index (χ2n) is 5.35. The van der Waals surface area contributed by atoms with Crippen LogP contribution in [0.25, 0.3) is 0 Å². The van der Waals surface area contributed by atoms with Crippen molar-refractivity contribution >= 4 is 5.91 Å². The van der Waals surface area contributed by atoms with Gasteiger partial charge in [-0.3, -0.25) is 4.79 Å². The Morgan fingerprint density at radius 2 is 2.40 bits per heavy atom.